The number of nitrogens with one attached hydrogen (secondary N) is 2. The number of rotatable bonds is 6. The third-order valence-corrected chi connectivity index (χ3v) is 5.13. The summed E-state index contributed by atoms with van der Waals surface area (Å²) in [6.07, 6.45) is 4.03. The molecule has 1 aliphatic rings. The van der Waals surface area contributed by atoms with Gasteiger partial charge in [0.15, 0.2) is 0 Å². The molecule has 0 bridgehead atoms. The van der Waals surface area contributed by atoms with Crippen LogP contribution >= 0.6 is 0 Å². The maximum atomic E-state index is 13.7. The van der Waals surface area contributed by atoms with Crippen molar-refractivity contribution in [2.75, 3.05) is 0 Å². The Labute approximate surface area is 172 Å². The van der Waals surface area contributed by atoms with Crippen LogP contribution in [0.1, 0.15) is 24.0 Å². The second kappa shape index (κ2) is 7.60. The van der Waals surface area contributed by atoms with E-state index >= 15 is 0 Å². The van der Waals surface area contributed by atoms with Crippen molar-refractivity contribution < 1.29 is 4.39 Å². The molecular weight excluding hydrogens is 383 g/mol. The minimum atomic E-state index is -0.282. The maximum absolute atomic E-state index is 13.7. The Morgan fingerprint density at radius 3 is 2.83 bits per heavy atom. The lowest BCUT2D eigenvalue weighted by molar-refractivity contribution is 0.294. The Kier molecular flexibility index (Phi) is 4.64. The van der Waals surface area contributed by atoms with Gasteiger partial charge in [-0.1, -0.05) is 12.1 Å². The lowest BCUT2D eigenvalue weighted by Gasteiger charge is -2.13. The van der Waals surface area contributed by atoms with Crippen LogP contribution in [0.3, 0.4) is 0 Å². The minimum absolute atomic E-state index is 0.282. The summed E-state index contributed by atoms with van der Waals surface area (Å²) in [5.74, 6) is 0.667. The van der Waals surface area contributed by atoms with Gasteiger partial charge in [-0.25, -0.2) is 19.6 Å². The highest BCUT2D eigenvalue weighted by Crippen LogP contribution is 2.22. The van der Waals surface area contributed by atoms with E-state index in [0.29, 0.717) is 18.7 Å². The first-order valence-electron chi connectivity index (χ1n) is 9.78. The Morgan fingerprint density at radius 2 is 2.03 bits per heavy atom. The van der Waals surface area contributed by atoms with Gasteiger partial charge in [-0.2, -0.15) is 10.2 Å². The van der Waals surface area contributed by atoms with Crippen LogP contribution in [0.4, 0.5) is 4.39 Å². The van der Waals surface area contributed by atoms with Crippen molar-refractivity contribution in [1.29, 1.82) is 0 Å². The molecule has 0 amide bonds. The van der Waals surface area contributed by atoms with Crippen molar-refractivity contribution in [3.8, 4) is 5.69 Å². The number of hydrazine groups is 2. The largest absolute Gasteiger partial charge is 0.328 e. The Bertz CT molecular complexity index is 1220. The zero-order valence-electron chi connectivity index (χ0n) is 16.5. The van der Waals surface area contributed by atoms with E-state index in [2.05, 4.69) is 51.0 Å². The number of nitrogens with zero attached hydrogens (tertiary/aromatic N) is 6. The summed E-state index contributed by atoms with van der Waals surface area (Å²) < 4.78 is 17.7. The van der Waals surface area contributed by atoms with Crippen LogP contribution < -0.4 is 11.1 Å². The van der Waals surface area contributed by atoms with E-state index in [0.717, 1.165) is 34.7 Å². The van der Waals surface area contributed by atoms with Gasteiger partial charge in [0.2, 0.25) is 0 Å². The molecule has 2 aromatic carbocycles. The number of halogens is 1. The van der Waals surface area contributed by atoms with Crippen molar-refractivity contribution in [2.24, 2.45) is 5.10 Å². The molecule has 1 aliphatic heterocycles. The van der Waals surface area contributed by atoms with Gasteiger partial charge in [0.25, 0.3) is 0 Å². The molecule has 0 aliphatic carbocycles. The summed E-state index contributed by atoms with van der Waals surface area (Å²) >= 11 is 0. The number of aryl methyl sites for hydroxylation is 1. The number of hydrogen-bond donors (Lipinski definition) is 2. The molecule has 5 rings (SSSR count). The summed E-state index contributed by atoms with van der Waals surface area (Å²) in [4.78, 5) is 4.91. The molecular formula is C21H21FN8. The van der Waals surface area contributed by atoms with E-state index in [9.17, 15) is 4.39 Å². The second-order valence-electron chi connectivity index (χ2n) is 7.08. The Morgan fingerprint density at radius 1 is 1.10 bits per heavy atom. The fourth-order valence-electron chi connectivity index (χ4n) is 3.78. The molecule has 0 spiro atoms. The number of hydrazone groups is 1. The number of hydrogen-bond acceptors (Lipinski definition) is 6. The van der Waals surface area contributed by atoms with Gasteiger partial charge in [-0.3, -0.25) is 5.01 Å². The van der Waals surface area contributed by atoms with Crippen LogP contribution in [-0.4, -0.2) is 30.7 Å². The van der Waals surface area contributed by atoms with Gasteiger partial charge in [0.05, 0.1) is 29.0 Å². The van der Waals surface area contributed by atoms with E-state index < -0.39 is 0 Å². The number of fused-ring (bicyclic) bond motifs is 1. The van der Waals surface area contributed by atoms with Crippen molar-refractivity contribution in [3.05, 3.63) is 77.6 Å². The predicted molar refractivity (Wildman–Crippen MR) is 112 cm³/mol. The molecule has 0 atom stereocenters. The van der Waals surface area contributed by atoms with E-state index in [1.54, 1.807) is 23.3 Å². The van der Waals surface area contributed by atoms with E-state index in [1.807, 2.05) is 17.1 Å². The van der Waals surface area contributed by atoms with Gasteiger partial charge < -0.3 is 4.57 Å². The van der Waals surface area contributed by atoms with Crippen molar-refractivity contribution in [3.63, 3.8) is 0 Å². The minimum Gasteiger partial charge on any atom is -0.328 e. The van der Waals surface area contributed by atoms with Crippen LogP contribution in [0, 0.1) is 5.82 Å². The summed E-state index contributed by atoms with van der Waals surface area (Å²) in [5, 5.41) is 10.2. The number of imidazole rings is 1. The topological polar surface area (TPSA) is 75.3 Å². The molecule has 30 heavy (non-hydrogen) atoms. The third kappa shape index (κ3) is 3.39. The van der Waals surface area contributed by atoms with Crippen LogP contribution in [0.2, 0.25) is 0 Å². The summed E-state index contributed by atoms with van der Waals surface area (Å²) in [7, 11) is 0. The lowest BCUT2D eigenvalue weighted by atomic mass is 10.2. The summed E-state index contributed by atoms with van der Waals surface area (Å²) in [6.45, 7) is 3.59. The highest BCUT2D eigenvalue weighted by atomic mass is 19.1. The average Bonchev–Trinajstić information content (AvgIpc) is 3.48. The van der Waals surface area contributed by atoms with Gasteiger partial charge in [-0.15, -0.1) is 5.53 Å². The van der Waals surface area contributed by atoms with Crippen LogP contribution in [0.25, 0.3) is 16.7 Å². The smallest absolute Gasteiger partial charge is 0.128 e. The highest BCUT2D eigenvalue weighted by Gasteiger charge is 2.15. The van der Waals surface area contributed by atoms with E-state index in [-0.39, 0.29) is 5.82 Å². The summed E-state index contributed by atoms with van der Waals surface area (Å²) in [6, 6.07) is 14.7. The SMILES string of the molecule is CCn1c(Cc2ccnn2-c2cccc(F)c2)nc2cc(CN3C=NNN3)ccc21. The molecule has 4 aromatic rings. The highest BCUT2D eigenvalue weighted by molar-refractivity contribution is 5.77. The summed E-state index contributed by atoms with van der Waals surface area (Å²) in [5.41, 5.74) is 10.4. The third-order valence-electron chi connectivity index (χ3n) is 5.13. The quantitative estimate of drug-likeness (QED) is 0.517. The molecule has 0 fully saturated rings. The average molecular weight is 404 g/mol. The van der Waals surface area contributed by atoms with Crippen LogP contribution in [-0.2, 0) is 19.5 Å². The monoisotopic (exact) mass is 404 g/mol. The molecule has 2 aromatic heterocycles. The number of aromatic nitrogens is 4. The van der Waals surface area contributed by atoms with Crippen LogP contribution in [0.5, 0.6) is 0 Å². The van der Waals surface area contributed by atoms with Gasteiger partial charge in [-0.05, 0) is 48.9 Å². The molecule has 2 N–H and O–H groups in total. The van der Waals surface area contributed by atoms with Crippen molar-refractivity contribution in [2.45, 2.75) is 26.4 Å². The zero-order chi connectivity index (χ0) is 20.5. The predicted octanol–water partition coefficient (Wildman–Crippen LogP) is 2.74. The van der Waals surface area contributed by atoms with Crippen LogP contribution in [0.15, 0.2) is 59.8 Å². The molecule has 0 unspecified atom stereocenters. The first-order valence-corrected chi connectivity index (χ1v) is 9.78. The Balaban J connectivity index is 1.47. The molecule has 9 heteroatoms. The standard InChI is InChI=1S/C21H21FN8/c1-2-29-20-7-6-15(13-28-14-23-26-27-28)10-19(20)25-21(29)12-18-8-9-24-30(18)17-5-3-4-16(22)11-17/h3-11,14,26-27H,2,12-13H2,1H3. The first-order chi connectivity index (χ1) is 14.7. The van der Waals surface area contributed by atoms with E-state index in [4.69, 9.17) is 4.98 Å². The zero-order valence-corrected chi connectivity index (χ0v) is 16.5. The molecule has 0 saturated heterocycles. The van der Waals surface area contributed by atoms with Gasteiger partial charge in [0.1, 0.15) is 18.0 Å². The van der Waals surface area contributed by atoms with Crippen molar-refractivity contribution >= 4 is 17.4 Å². The molecule has 152 valence electrons. The second-order valence-corrected chi connectivity index (χ2v) is 7.08. The maximum Gasteiger partial charge on any atom is 0.128 e. The fraction of sp³-hybridized carbons (Fsp3) is 0.190. The van der Waals surface area contributed by atoms with Crippen molar-refractivity contribution in [1.82, 2.24) is 35.4 Å². The van der Waals surface area contributed by atoms with Gasteiger partial charge >= 0.3 is 0 Å². The van der Waals surface area contributed by atoms with Gasteiger partial charge in [0, 0.05) is 19.2 Å². The first kappa shape index (κ1) is 18.3. The fourth-order valence-corrected chi connectivity index (χ4v) is 3.78. The lowest BCUT2D eigenvalue weighted by Crippen LogP contribution is -2.36. The molecule has 0 saturated carbocycles. The Hall–Kier alpha value is -3.72. The van der Waals surface area contributed by atoms with E-state index in [1.165, 1.54) is 12.1 Å². The molecule has 8 nitrogen and oxygen atoms in total. The molecule has 0 radical (unpaired) electrons. The normalized spacial score (nSPS) is 13.3. The molecule has 3 heterocycles. The number of benzene rings is 2.